The first kappa shape index (κ1) is 9.07. The number of halogens is 2. The van der Waals surface area contributed by atoms with E-state index in [0.717, 1.165) is 0 Å². The molecule has 0 spiro atoms. The number of nitriles is 1. The van der Waals surface area contributed by atoms with E-state index in [1.807, 2.05) is 6.07 Å². The Kier molecular flexibility index (Phi) is 1.95. The van der Waals surface area contributed by atoms with Gasteiger partial charge in [0, 0.05) is 24.5 Å². The predicted molar refractivity (Wildman–Crippen MR) is 45.9 cm³/mol. The molecule has 4 heteroatoms. The molecule has 1 saturated carbocycles. The van der Waals surface area contributed by atoms with Gasteiger partial charge in [0.05, 0.1) is 0 Å². The van der Waals surface area contributed by atoms with Gasteiger partial charge in [-0.15, -0.1) is 0 Å². The topological polar surface area (TPSA) is 36.7 Å². The Morgan fingerprint density at radius 1 is 1.43 bits per heavy atom. The van der Waals surface area contributed by atoms with Crippen LogP contribution >= 0.6 is 0 Å². The normalized spacial score (nSPS) is 19.8. The lowest BCUT2D eigenvalue weighted by molar-refractivity contribution is -0.0876. The molecule has 1 aliphatic carbocycles. The average Bonchev–Trinajstić information content (AvgIpc) is 2.14. The van der Waals surface area contributed by atoms with E-state index in [2.05, 4.69) is 4.98 Å². The van der Waals surface area contributed by atoms with E-state index in [0.29, 0.717) is 5.69 Å². The first-order chi connectivity index (χ1) is 6.61. The van der Waals surface area contributed by atoms with Crippen LogP contribution in [-0.4, -0.2) is 10.9 Å². The Morgan fingerprint density at radius 2 is 2.14 bits per heavy atom. The molecule has 0 radical (unpaired) electrons. The highest BCUT2D eigenvalue weighted by atomic mass is 19.3. The molecule has 1 aromatic rings. The minimum absolute atomic E-state index is 0.144. The van der Waals surface area contributed by atoms with Gasteiger partial charge in [0.15, 0.2) is 0 Å². The van der Waals surface area contributed by atoms with E-state index in [1.54, 1.807) is 18.2 Å². The Labute approximate surface area is 80.2 Å². The monoisotopic (exact) mass is 194 g/mol. The number of rotatable bonds is 1. The van der Waals surface area contributed by atoms with Crippen molar-refractivity contribution in [1.82, 2.24) is 4.98 Å². The fourth-order valence-electron chi connectivity index (χ4n) is 1.61. The highest BCUT2D eigenvalue weighted by molar-refractivity contribution is 5.25. The van der Waals surface area contributed by atoms with Crippen molar-refractivity contribution >= 4 is 0 Å². The summed E-state index contributed by atoms with van der Waals surface area (Å²) in [5, 5.41) is 8.58. The Hall–Kier alpha value is -1.50. The first-order valence-electron chi connectivity index (χ1n) is 4.36. The fraction of sp³-hybridized carbons (Fsp3) is 0.400. The average molecular weight is 194 g/mol. The van der Waals surface area contributed by atoms with E-state index in [9.17, 15) is 8.78 Å². The lowest BCUT2D eigenvalue weighted by atomic mass is 9.79. The number of nitrogens with zero attached hydrogens (tertiary/aromatic N) is 2. The molecule has 1 aliphatic rings. The van der Waals surface area contributed by atoms with Gasteiger partial charge in [-0.3, -0.25) is 0 Å². The van der Waals surface area contributed by atoms with Crippen LogP contribution in [0.4, 0.5) is 8.78 Å². The quantitative estimate of drug-likeness (QED) is 0.688. The maximum absolute atomic E-state index is 12.6. The molecule has 0 atom stereocenters. The van der Waals surface area contributed by atoms with Gasteiger partial charge in [0.1, 0.15) is 11.8 Å². The number of pyridine rings is 1. The number of alkyl halides is 2. The minimum atomic E-state index is -2.53. The molecule has 0 aliphatic heterocycles. The zero-order chi connectivity index (χ0) is 10.2. The highest BCUT2D eigenvalue weighted by Crippen LogP contribution is 2.47. The molecular formula is C10H8F2N2. The van der Waals surface area contributed by atoms with Gasteiger partial charge in [0.2, 0.25) is 5.92 Å². The van der Waals surface area contributed by atoms with E-state index in [1.165, 1.54) is 0 Å². The van der Waals surface area contributed by atoms with Gasteiger partial charge in [0.25, 0.3) is 0 Å². The molecule has 1 aromatic heterocycles. The molecule has 0 N–H and O–H groups in total. The summed E-state index contributed by atoms with van der Waals surface area (Å²) in [6.45, 7) is 0. The van der Waals surface area contributed by atoms with Gasteiger partial charge in [-0.1, -0.05) is 6.07 Å². The van der Waals surface area contributed by atoms with Crippen molar-refractivity contribution in [2.45, 2.75) is 24.7 Å². The van der Waals surface area contributed by atoms with Crippen LogP contribution in [0.5, 0.6) is 0 Å². The van der Waals surface area contributed by atoms with E-state index in [4.69, 9.17) is 5.26 Å². The minimum Gasteiger partial charge on any atom is -0.242 e. The largest absolute Gasteiger partial charge is 0.249 e. The van der Waals surface area contributed by atoms with E-state index < -0.39 is 5.92 Å². The van der Waals surface area contributed by atoms with E-state index >= 15 is 0 Å². The van der Waals surface area contributed by atoms with Crippen molar-refractivity contribution in [3.8, 4) is 6.07 Å². The Bertz CT molecular complexity index is 387. The van der Waals surface area contributed by atoms with Crippen molar-refractivity contribution < 1.29 is 8.78 Å². The summed E-state index contributed by atoms with van der Waals surface area (Å²) in [5.41, 5.74) is 0.896. The first-order valence-corrected chi connectivity index (χ1v) is 4.36. The summed E-state index contributed by atoms with van der Waals surface area (Å²) >= 11 is 0. The molecule has 0 aromatic carbocycles. The molecule has 0 unspecified atom stereocenters. The summed E-state index contributed by atoms with van der Waals surface area (Å²) in [7, 11) is 0. The van der Waals surface area contributed by atoms with Crippen LogP contribution in [0.15, 0.2) is 18.2 Å². The Morgan fingerprint density at radius 3 is 2.71 bits per heavy atom. The highest BCUT2D eigenvalue weighted by Gasteiger charge is 2.46. The van der Waals surface area contributed by atoms with Crippen molar-refractivity contribution in [3.05, 3.63) is 29.6 Å². The van der Waals surface area contributed by atoms with Gasteiger partial charge in [-0.25, -0.2) is 13.8 Å². The maximum atomic E-state index is 12.6. The number of aromatic nitrogens is 1. The molecule has 14 heavy (non-hydrogen) atoms. The van der Waals surface area contributed by atoms with Crippen LogP contribution in [-0.2, 0) is 0 Å². The van der Waals surface area contributed by atoms with Crippen molar-refractivity contribution in [2.75, 3.05) is 0 Å². The van der Waals surface area contributed by atoms with Gasteiger partial charge >= 0.3 is 0 Å². The summed E-state index contributed by atoms with van der Waals surface area (Å²) in [6.07, 6.45) is -0.288. The second-order valence-electron chi connectivity index (χ2n) is 3.52. The third kappa shape index (κ3) is 1.58. The van der Waals surface area contributed by atoms with Crippen molar-refractivity contribution in [2.24, 2.45) is 0 Å². The summed E-state index contributed by atoms with van der Waals surface area (Å²) < 4.78 is 25.1. The van der Waals surface area contributed by atoms with Gasteiger partial charge < -0.3 is 0 Å². The zero-order valence-electron chi connectivity index (χ0n) is 7.37. The number of hydrogen-bond acceptors (Lipinski definition) is 2. The molecule has 2 rings (SSSR count). The lowest BCUT2D eigenvalue weighted by Crippen LogP contribution is -2.34. The summed E-state index contributed by atoms with van der Waals surface area (Å²) in [5.74, 6) is -2.71. The molecule has 0 saturated heterocycles. The third-order valence-corrected chi connectivity index (χ3v) is 2.39. The summed E-state index contributed by atoms with van der Waals surface area (Å²) in [4.78, 5) is 3.98. The van der Waals surface area contributed by atoms with Crippen LogP contribution in [0.1, 0.15) is 30.1 Å². The Balaban J connectivity index is 2.16. The summed E-state index contributed by atoms with van der Waals surface area (Å²) in [6, 6.07) is 6.84. The smallest absolute Gasteiger partial charge is 0.242 e. The molecule has 0 amide bonds. The van der Waals surface area contributed by atoms with Crippen molar-refractivity contribution in [3.63, 3.8) is 0 Å². The van der Waals surface area contributed by atoms with E-state index in [-0.39, 0.29) is 24.5 Å². The molecule has 72 valence electrons. The lowest BCUT2D eigenvalue weighted by Gasteiger charge is -2.34. The van der Waals surface area contributed by atoms with Crippen LogP contribution in [0.3, 0.4) is 0 Å². The molecule has 2 nitrogen and oxygen atoms in total. The standard InChI is InChI=1S/C10H8F2N2/c11-10(12)4-7(5-10)9-3-1-2-8(6-13)14-9/h1-3,7H,4-5H2. The van der Waals surface area contributed by atoms with Crippen LogP contribution in [0.2, 0.25) is 0 Å². The maximum Gasteiger partial charge on any atom is 0.249 e. The fourth-order valence-corrected chi connectivity index (χ4v) is 1.61. The molecule has 1 fully saturated rings. The second-order valence-corrected chi connectivity index (χ2v) is 3.52. The van der Waals surface area contributed by atoms with Gasteiger partial charge in [-0.05, 0) is 12.1 Å². The molecule has 1 heterocycles. The van der Waals surface area contributed by atoms with Crippen LogP contribution < -0.4 is 0 Å². The molecule has 0 bridgehead atoms. The second kappa shape index (κ2) is 3.02. The van der Waals surface area contributed by atoms with Crippen LogP contribution in [0, 0.1) is 11.3 Å². The SMILES string of the molecule is N#Cc1cccc(C2CC(F)(F)C2)n1. The van der Waals surface area contributed by atoms with Gasteiger partial charge in [-0.2, -0.15) is 5.26 Å². The zero-order valence-corrected chi connectivity index (χ0v) is 7.37. The van der Waals surface area contributed by atoms with Crippen molar-refractivity contribution in [1.29, 1.82) is 5.26 Å². The third-order valence-electron chi connectivity index (χ3n) is 2.39. The number of hydrogen-bond donors (Lipinski definition) is 0. The predicted octanol–water partition coefficient (Wildman–Crippen LogP) is 2.47. The van der Waals surface area contributed by atoms with Crippen LogP contribution in [0.25, 0.3) is 0 Å². The molecular weight excluding hydrogens is 186 g/mol.